The maximum absolute atomic E-state index is 11.5. The van der Waals surface area contributed by atoms with Gasteiger partial charge < -0.3 is 15.4 Å². The van der Waals surface area contributed by atoms with Gasteiger partial charge in [0.05, 0.1) is 0 Å². The predicted octanol–water partition coefficient (Wildman–Crippen LogP) is 2.78. The molecule has 0 heterocycles. The van der Waals surface area contributed by atoms with Crippen LogP contribution in [0.5, 0.6) is 0 Å². The third-order valence-electron chi connectivity index (χ3n) is 1.93. The summed E-state index contributed by atoms with van der Waals surface area (Å²) in [6.07, 6.45) is -0.351. The van der Waals surface area contributed by atoms with Crippen LogP contribution in [0.3, 0.4) is 0 Å². The minimum atomic E-state index is -0.439. The Morgan fingerprint density at radius 2 is 1.71 bits per heavy atom. The highest BCUT2D eigenvalue weighted by molar-refractivity contribution is 5.68. The van der Waals surface area contributed by atoms with Crippen LogP contribution in [0, 0.1) is 5.92 Å². The Balaban J connectivity index is 0. The Bertz CT molecular complexity index is 198. The summed E-state index contributed by atoms with van der Waals surface area (Å²) in [7, 11) is 1.87. The number of hydrogen-bond acceptors (Lipinski definition) is 3. The molecule has 0 saturated heterocycles. The number of amides is 1. The topological polar surface area (TPSA) is 50.4 Å². The summed E-state index contributed by atoms with van der Waals surface area (Å²) in [5, 5.41) is 5.90. The summed E-state index contributed by atoms with van der Waals surface area (Å²) >= 11 is 0. The van der Waals surface area contributed by atoms with Gasteiger partial charge in [0, 0.05) is 12.6 Å². The van der Waals surface area contributed by atoms with Crippen molar-refractivity contribution in [1.82, 2.24) is 10.6 Å². The summed E-state index contributed by atoms with van der Waals surface area (Å²) in [6.45, 7) is 14.5. The van der Waals surface area contributed by atoms with Gasteiger partial charge in [0.25, 0.3) is 0 Å². The zero-order valence-electron chi connectivity index (χ0n) is 12.7. The molecule has 0 spiro atoms. The number of alkyl carbamates (subject to hydrolysis) is 1. The molecule has 17 heavy (non-hydrogen) atoms. The average Bonchev–Trinajstić information content (AvgIpc) is 2.17. The average molecular weight is 246 g/mol. The summed E-state index contributed by atoms with van der Waals surface area (Å²) in [5.41, 5.74) is -0.439. The number of hydrogen-bond donors (Lipinski definition) is 2. The highest BCUT2D eigenvalue weighted by Crippen LogP contribution is 2.08. The van der Waals surface area contributed by atoms with Gasteiger partial charge >= 0.3 is 6.09 Å². The first-order chi connectivity index (χ1) is 7.76. The molecule has 2 N–H and O–H groups in total. The molecule has 0 fully saturated rings. The quantitative estimate of drug-likeness (QED) is 0.802. The molecule has 0 aromatic heterocycles. The van der Waals surface area contributed by atoms with Gasteiger partial charge in [-0.25, -0.2) is 4.79 Å². The second-order valence-corrected chi connectivity index (χ2v) is 5.05. The summed E-state index contributed by atoms with van der Waals surface area (Å²) in [4.78, 5) is 11.5. The van der Waals surface area contributed by atoms with E-state index in [1.807, 2.05) is 41.7 Å². The van der Waals surface area contributed by atoms with Crippen LogP contribution in [0.4, 0.5) is 4.79 Å². The maximum atomic E-state index is 11.5. The van der Waals surface area contributed by atoms with Gasteiger partial charge in [0.15, 0.2) is 0 Å². The van der Waals surface area contributed by atoms with E-state index in [1.165, 1.54) is 0 Å². The van der Waals surface area contributed by atoms with E-state index in [2.05, 4.69) is 24.5 Å². The molecule has 1 unspecified atom stereocenters. The molecule has 0 aromatic rings. The molecule has 1 atom stereocenters. The Morgan fingerprint density at radius 3 is 2.00 bits per heavy atom. The van der Waals surface area contributed by atoms with Crippen molar-refractivity contribution in [2.45, 2.75) is 60.1 Å². The van der Waals surface area contributed by atoms with Crippen molar-refractivity contribution in [2.24, 2.45) is 5.92 Å². The first-order valence-electron chi connectivity index (χ1n) is 6.40. The van der Waals surface area contributed by atoms with E-state index in [9.17, 15) is 4.79 Å². The number of carbonyl (C=O) groups excluding carboxylic acids is 1. The second kappa shape index (κ2) is 9.28. The fraction of sp³-hybridized carbons (Fsp3) is 0.923. The standard InChI is InChI=1S/C11H24N2O2.C2H6/c1-8(2)9(7-12-6)13-10(14)15-11(3,4)5;1-2/h8-9,12H,7H2,1-6H3,(H,13,14);1-2H3. The molecule has 0 aliphatic carbocycles. The first-order valence-corrected chi connectivity index (χ1v) is 6.40. The molecule has 0 rings (SSSR count). The van der Waals surface area contributed by atoms with Crippen LogP contribution in [-0.4, -0.2) is 31.3 Å². The van der Waals surface area contributed by atoms with Crippen LogP contribution >= 0.6 is 0 Å². The fourth-order valence-corrected chi connectivity index (χ4v) is 1.13. The van der Waals surface area contributed by atoms with E-state index < -0.39 is 5.60 Å². The van der Waals surface area contributed by atoms with Gasteiger partial charge in [0.1, 0.15) is 5.60 Å². The van der Waals surface area contributed by atoms with Gasteiger partial charge in [-0.2, -0.15) is 0 Å². The minimum absolute atomic E-state index is 0.102. The number of rotatable bonds is 4. The third kappa shape index (κ3) is 11.5. The Hall–Kier alpha value is -0.770. The van der Waals surface area contributed by atoms with Crippen LogP contribution < -0.4 is 10.6 Å². The van der Waals surface area contributed by atoms with Crippen molar-refractivity contribution in [1.29, 1.82) is 0 Å². The molecule has 4 nitrogen and oxygen atoms in total. The normalized spacial score (nSPS) is 12.5. The molecule has 0 bridgehead atoms. The van der Waals surface area contributed by atoms with Crippen molar-refractivity contribution in [3.05, 3.63) is 0 Å². The molecule has 0 aliphatic heterocycles. The number of nitrogens with one attached hydrogen (secondary N) is 2. The van der Waals surface area contributed by atoms with Crippen LogP contribution in [0.2, 0.25) is 0 Å². The van der Waals surface area contributed by atoms with Crippen molar-refractivity contribution in [2.75, 3.05) is 13.6 Å². The lowest BCUT2D eigenvalue weighted by Crippen LogP contribution is -2.46. The molecule has 0 saturated carbocycles. The Labute approximate surface area is 106 Å². The zero-order valence-corrected chi connectivity index (χ0v) is 12.7. The van der Waals surface area contributed by atoms with Crippen LogP contribution in [0.15, 0.2) is 0 Å². The Kier molecular flexibility index (Phi) is 10.1. The van der Waals surface area contributed by atoms with Gasteiger partial charge in [-0.1, -0.05) is 27.7 Å². The number of carbonyl (C=O) groups is 1. The zero-order chi connectivity index (χ0) is 14.1. The van der Waals surface area contributed by atoms with E-state index in [0.717, 1.165) is 6.54 Å². The highest BCUT2D eigenvalue weighted by atomic mass is 16.6. The van der Waals surface area contributed by atoms with Gasteiger partial charge in [-0.05, 0) is 33.7 Å². The van der Waals surface area contributed by atoms with E-state index in [1.54, 1.807) is 0 Å². The molecule has 0 aliphatic rings. The number of likely N-dealkylation sites (N-methyl/N-ethyl adjacent to an activating group) is 1. The van der Waals surface area contributed by atoms with Crippen LogP contribution in [0.1, 0.15) is 48.5 Å². The molecule has 0 radical (unpaired) electrons. The monoisotopic (exact) mass is 246 g/mol. The summed E-state index contributed by atoms with van der Waals surface area (Å²) < 4.78 is 5.19. The van der Waals surface area contributed by atoms with Crippen molar-refractivity contribution >= 4 is 6.09 Å². The van der Waals surface area contributed by atoms with Gasteiger partial charge in [0.2, 0.25) is 0 Å². The first kappa shape index (κ1) is 18.6. The third-order valence-corrected chi connectivity index (χ3v) is 1.93. The lowest BCUT2D eigenvalue weighted by Gasteiger charge is -2.25. The van der Waals surface area contributed by atoms with E-state index in [4.69, 9.17) is 4.74 Å². The maximum Gasteiger partial charge on any atom is 0.407 e. The highest BCUT2D eigenvalue weighted by Gasteiger charge is 2.20. The molecule has 1 amide bonds. The van der Waals surface area contributed by atoms with Gasteiger partial charge in [-0.15, -0.1) is 0 Å². The summed E-state index contributed by atoms with van der Waals surface area (Å²) in [5.74, 6) is 0.380. The molecular weight excluding hydrogens is 216 g/mol. The lowest BCUT2D eigenvalue weighted by molar-refractivity contribution is 0.0491. The van der Waals surface area contributed by atoms with Crippen LogP contribution in [0.25, 0.3) is 0 Å². The number of ether oxygens (including phenoxy) is 1. The Morgan fingerprint density at radius 1 is 1.24 bits per heavy atom. The van der Waals surface area contributed by atoms with Crippen molar-refractivity contribution in [3.8, 4) is 0 Å². The van der Waals surface area contributed by atoms with E-state index >= 15 is 0 Å². The smallest absolute Gasteiger partial charge is 0.407 e. The van der Waals surface area contributed by atoms with Gasteiger partial charge in [-0.3, -0.25) is 0 Å². The fourth-order valence-electron chi connectivity index (χ4n) is 1.13. The lowest BCUT2D eigenvalue weighted by atomic mass is 10.1. The van der Waals surface area contributed by atoms with E-state index in [0.29, 0.717) is 5.92 Å². The largest absolute Gasteiger partial charge is 0.444 e. The predicted molar refractivity (Wildman–Crippen MR) is 73.3 cm³/mol. The SMILES string of the molecule is CC.CNCC(NC(=O)OC(C)(C)C)C(C)C. The second-order valence-electron chi connectivity index (χ2n) is 5.05. The molecule has 104 valence electrons. The summed E-state index contributed by atoms with van der Waals surface area (Å²) in [6, 6.07) is 0.102. The minimum Gasteiger partial charge on any atom is -0.444 e. The van der Waals surface area contributed by atoms with Crippen LogP contribution in [-0.2, 0) is 4.74 Å². The van der Waals surface area contributed by atoms with Crippen molar-refractivity contribution in [3.63, 3.8) is 0 Å². The molecule has 4 heteroatoms. The van der Waals surface area contributed by atoms with E-state index in [-0.39, 0.29) is 12.1 Å². The molecular formula is C13H30N2O2. The van der Waals surface area contributed by atoms with Crippen molar-refractivity contribution < 1.29 is 9.53 Å². The molecule has 0 aromatic carbocycles.